The Balaban J connectivity index is 2.09. The van der Waals surface area contributed by atoms with E-state index >= 15 is 0 Å². The van der Waals surface area contributed by atoms with E-state index in [9.17, 15) is 14.9 Å². The Hall–Kier alpha value is -1.32. The van der Waals surface area contributed by atoms with Crippen molar-refractivity contribution in [1.29, 1.82) is 0 Å². The third-order valence-corrected chi connectivity index (χ3v) is 3.41. The van der Waals surface area contributed by atoms with Crippen LogP contribution >= 0.6 is 34.8 Å². The molecule has 0 saturated carbocycles. The van der Waals surface area contributed by atoms with Crippen LogP contribution in [0.1, 0.15) is 0 Å². The maximum atomic E-state index is 12.0. The number of alkyl halides is 3. The van der Waals surface area contributed by atoms with Crippen molar-refractivity contribution in [2.45, 2.75) is 9.70 Å². The van der Waals surface area contributed by atoms with Crippen molar-refractivity contribution in [3.05, 3.63) is 34.4 Å². The van der Waals surface area contributed by atoms with Gasteiger partial charge in [-0.05, 0) is 6.07 Å². The average molecular weight is 371 g/mol. The highest BCUT2D eigenvalue weighted by Crippen LogP contribution is 2.42. The number of amides is 2. The van der Waals surface area contributed by atoms with Crippen LogP contribution in [-0.2, 0) is 9.47 Å². The summed E-state index contributed by atoms with van der Waals surface area (Å²) in [7, 11) is 0. The Kier molecular flexibility index (Phi) is 4.98. The molecule has 2 amide bonds. The number of nitrogens with zero attached hydrogens (tertiary/aromatic N) is 1. The zero-order valence-electron chi connectivity index (χ0n) is 10.8. The molecule has 1 heterocycles. The number of halogens is 3. The summed E-state index contributed by atoms with van der Waals surface area (Å²) in [6, 6.07) is 4.53. The standard InChI is InChI=1S/C11H10Cl3N3O5/c12-10(13,14)11(21-4-5-22-11)16-9(18)15-7-2-1-3-8(6-7)17(19)20/h1-3,6H,4-5H2,(H2,15,16,18). The highest BCUT2D eigenvalue weighted by atomic mass is 35.6. The number of nitro benzene ring substituents is 1. The van der Waals surface area contributed by atoms with Crippen LogP contribution < -0.4 is 10.6 Å². The van der Waals surface area contributed by atoms with Gasteiger partial charge in [0, 0.05) is 17.8 Å². The summed E-state index contributed by atoms with van der Waals surface area (Å²) in [5.74, 6) is -1.93. The highest BCUT2D eigenvalue weighted by Gasteiger charge is 2.55. The molecule has 1 aromatic rings. The number of non-ortho nitro benzene ring substituents is 1. The molecule has 1 aliphatic heterocycles. The van der Waals surface area contributed by atoms with E-state index in [2.05, 4.69) is 10.6 Å². The molecule has 11 heteroatoms. The lowest BCUT2D eigenvalue weighted by Gasteiger charge is -2.33. The summed E-state index contributed by atoms with van der Waals surface area (Å²) < 4.78 is 8.29. The fourth-order valence-electron chi connectivity index (χ4n) is 1.73. The Morgan fingerprint density at radius 2 is 1.95 bits per heavy atom. The van der Waals surface area contributed by atoms with Crippen LogP contribution in [0.3, 0.4) is 0 Å². The number of hydrogen-bond acceptors (Lipinski definition) is 5. The molecule has 0 bridgehead atoms. The average Bonchev–Trinajstić information content (AvgIpc) is 2.88. The number of urea groups is 1. The molecule has 8 nitrogen and oxygen atoms in total. The van der Waals surface area contributed by atoms with Crippen LogP contribution in [0.5, 0.6) is 0 Å². The lowest BCUT2D eigenvalue weighted by molar-refractivity contribution is -0.384. The van der Waals surface area contributed by atoms with Crippen molar-refractivity contribution in [3.63, 3.8) is 0 Å². The van der Waals surface area contributed by atoms with Gasteiger partial charge in [0.25, 0.3) is 9.48 Å². The van der Waals surface area contributed by atoms with Crippen molar-refractivity contribution >= 4 is 52.2 Å². The van der Waals surface area contributed by atoms with Gasteiger partial charge in [0.15, 0.2) is 0 Å². The summed E-state index contributed by atoms with van der Waals surface area (Å²) in [6.45, 7) is 0.260. The van der Waals surface area contributed by atoms with Crippen molar-refractivity contribution in [2.24, 2.45) is 0 Å². The number of carbonyl (C=O) groups is 1. The topological polar surface area (TPSA) is 103 Å². The van der Waals surface area contributed by atoms with Crippen molar-refractivity contribution in [1.82, 2.24) is 5.32 Å². The van der Waals surface area contributed by atoms with E-state index in [1.807, 2.05) is 0 Å². The highest BCUT2D eigenvalue weighted by molar-refractivity contribution is 6.68. The fraction of sp³-hybridized carbons (Fsp3) is 0.364. The molecule has 1 fully saturated rings. The second-order valence-corrected chi connectivity index (χ2v) is 6.48. The minimum Gasteiger partial charge on any atom is -0.327 e. The third-order valence-electron chi connectivity index (χ3n) is 2.66. The molecule has 0 aromatic heterocycles. The smallest absolute Gasteiger partial charge is 0.323 e. The quantitative estimate of drug-likeness (QED) is 0.484. The Morgan fingerprint density at radius 3 is 2.50 bits per heavy atom. The van der Waals surface area contributed by atoms with Crippen LogP contribution in [0.15, 0.2) is 24.3 Å². The Labute approximate surface area is 139 Å². The lowest BCUT2D eigenvalue weighted by atomic mass is 10.3. The van der Waals surface area contributed by atoms with Crippen molar-refractivity contribution in [3.8, 4) is 0 Å². The van der Waals surface area contributed by atoms with Crippen LogP contribution in [0.4, 0.5) is 16.2 Å². The van der Waals surface area contributed by atoms with Gasteiger partial charge in [-0.25, -0.2) is 4.79 Å². The van der Waals surface area contributed by atoms with E-state index in [1.54, 1.807) is 0 Å². The van der Waals surface area contributed by atoms with E-state index in [1.165, 1.54) is 24.3 Å². The molecule has 1 aliphatic rings. The van der Waals surface area contributed by atoms with E-state index in [-0.39, 0.29) is 24.6 Å². The molecule has 0 aliphatic carbocycles. The summed E-state index contributed by atoms with van der Waals surface area (Å²) in [5.41, 5.74) is 0.00595. The molecule has 0 atom stereocenters. The van der Waals surface area contributed by atoms with Gasteiger partial charge in [0.05, 0.1) is 18.1 Å². The van der Waals surface area contributed by atoms with Gasteiger partial charge < -0.3 is 14.8 Å². The van der Waals surface area contributed by atoms with Gasteiger partial charge in [0.1, 0.15) is 0 Å². The van der Waals surface area contributed by atoms with E-state index in [4.69, 9.17) is 44.3 Å². The molecule has 2 N–H and O–H groups in total. The summed E-state index contributed by atoms with van der Waals surface area (Å²) in [4.78, 5) is 22.1. The predicted molar refractivity (Wildman–Crippen MR) is 80.2 cm³/mol. The minimum atomic E-state index is -2.07. The van der Waals surface area contributed by atoms with Gasteiger partial charge in [-0.15, -0.1) is 0 Å². The lowest BCUT2D eigenvalue weighted by Crippen LogP contribution is -2.59. The molecule has 0 radical (unpaired) electrons. The predicted octanol–water partition coefficient (Wildman–Crippen LogP) is 2.79. The summed E-state index contributed by atoms with van der Waals surface area (Å²) in [6.07, 6.45) is 0. The summed E-state index contributed by atoms with van der Waals surface area (Å²) in [5, 5.41) is 15.3. The molecule has 0 spiro atoms. The van der Waals surface area contributed by atoms with Crippen molar-refractivity contribution < 1.29 is 19.2 Å². The SMILES string of the molecule is O=C(Nc1cccc([N+](=O)[O-])c1)NC1(C(Cl)(Cl)Cl)OCCO1. The maximum Gasteiger partial charge on any atom is 0.323 e. The molecule has 22 heavy (non-hydrogen) atoms. The number of ether oxygens (including phenoxy) is 2. The number of hydrogen-bond donors (Lipinski definition) is 2. The van der Waals surface area contributed by atoms with Crippen LogP contribution in [0, 0.1) is 10.1 Å². The van der Waals surface area contributed by atoms with Crippen LogP contribution in [0.2, 0.25) is 0 Å². The number of nitrogens with one attached hydrogen (secondary N) is 2. The first-order valence-corrected chi connectivity index (χ1v) is 7.05. The minimum absolute atomic E-state index is 0.130. The van der Waals surface area contributed by atoms with Crippen molar-refractivity contribution in [2.75, 3.05) is 18.5 Å². The molecular weight excluding hydrogens is 360 g/mol. The Bertz CT molecular complexity index is 587. The second-order valence-electron chi connectivity index (χ2n) is 4.20. The molecule has 120 valence electrons. The number of anilines is 1. The molecule has 1 saturated heterocycles. The van der Waals surface area contributed by atoms with Gasteiger partial charge >= 0.3 is 11.9 Å². The third kappa shape index (κ3) is 3.71. The first kappa shape index (κ1) is 17.0. The van der Waals surface area contributed by atoms with E-state index < -0.39 is 20.7 Å². The van der Waals surface area contributed by atoms with Crippen LogP contribution in [-0.4, -0.2) is 33.9 Å². The number of nitro groups is 1. The molecule has 1 aromatic carbocycles. The molecular formula is C11H10Cl3N3O5. The second kappa shape index (κ2) is 6.43. The zero-order chi connectivity index (χ0) is 16.4. The molecule has 2 rings (SSSR count). The number of benzene rings is 1. The first-order chi connectivity index (χ1) is 10.2. The van der Waals surface area contributed by atoms with E-state index in [0.29, 0.717) is 0 Å². The van der Waals surface area contributed by atoms with E-state index in [0.717, 1.165) is 0 Å². The van der Waals surface area contributed by atoms with Gasteiger partial charge in [0.2, 0.25) is 0 Å². The normalized spacial score (nSPS) is 17.0. The molecule has 0 unspecified atom stereocenters. The largest absolute Gasteiger partial charge is 0.327 e. The zero-order valence-corrected chi connectivity index (χ0v) is 13.1. The van der Waals surface area contributed by atoms with Crippen LogP contribution in [0.25, 0.3) is 0 Å². The first-order valence-electron chi connectivity index (χ1n) is 5.92. The number of rotatable bonds is 3. The monoisotopic (exact) mass is 369 g/mol. The van der Waals surface area contributed by atoms with Gasteiger partial charge in [-0.3, -0.25) is 15.4 Å². The number of carbonyl (C=O) groups excluding carboxylic acids is 1. The van der Waals surface area contributed by atoms with Gasteiger partial charge in [-0.2, -0.15) is 0 Å². The fourth-order valence-corrected chi connectivity index (χ4v) is 2.20. The maximum absolute atomic E-state index is 12.0. The van der Waals surface area contributed by atoms with Gasteiger partial charge in [-0.1, -0.05) is 40.9 Å². The Morgan fingerprint density at radius 1 is 1.32 bits per heavy atom. The summed E-state index contributed by atoms with van der Waals surface area (Å²) >= 11 is 17.3.